The highest BCUT2D eigenvalue weighted by Gasteiger charge is 2.16. The highest BCUT2D eigenvalue weighted by atomic mass is 16.4. The minimum atomic E-state index is -1.46. The van der Waals surface area contributed by atoms with Crippen LogP contribution in [0.25, 0.3) is 27.5 Å². The van der Waals surface area contributed by atoms with Gasteiger partial charge in [0.1, 0.15) is 0 Å². The molecule has 0 fully saturated rings. The molecule has 0 aliphatic rings. The van der Waals surface area contributed by atoms with Crippen LogP contribution in [0.5, 0.6) is 0 Å². The maximum Gasteiger partial charge on any atom is 0.488 e. The summed E-state index contributed by atoms with van der Waals surface area (Å²) in [6.45, 7) is 4.15. The molecular weight excluding hydrogens is 285 g/mol. The molecule has 0 unspecified atom stereocenters. The Kier molecular flexibility index (Phi) is 4.37. The van der Waals surface area contributed by atoms with E-state index in [0.717, 1.165) is 33.9 Å². The fourth-order valence-electron chi connectivity index (χ4n) is 2.97. The lowest BCUT2D eigenvalue weighted by Crippen LogP contribution is -2.29. The summed E-state index contributed by atoms with van der Waals surface area (Å²) in [5.74, 6) is 0. The summed E-state index contributed by atoms with van der Waals surface area (Å²) in [6, 6.07) is 13.8. The third-order valence-electron chi connectivity index (χ3n) is 4.07. The Labute approximate surface area is 136 Å². The van der Waals surface area contributed by atoms with Crippen molar-refractivity contribution in [2.24, 2.45) is 0 Å². The van der Waals surface area contributed by atoms with Crippen molar-refractivity contribution in [1.29, 1.82) is 0 Å². The summed E-state index contributed by atoms with van der Waals surface area (Å²) < 4.78 is 2.21. The van der Waals surface area contributed by atoms with E-state index in [1.54, 1.807) is 6.07 Å². The third-order valence-corrected chi connectivity index (χ3v) is 4.07. The summed E-state index contributed by atoms with van der Waals surface area (Å²) >= 11 is 0. The molecule has 0 aliphatic heterocycles. The SMILES string of the molecule is C/C=C(\C=C/CC)n1c2ccccc2c2cc(B(O)O)ccc21. The molecule has 4 heteroatoms. The number of hydrogen-bond acceptors (Lipinski definition) is 2. The molecule has 0 saturated carbocycles. The number of allylic oxidation sites excluding steroid dienone is 4. The highest BCUT2D eigenvalue weighted by molar-refractivity contribution is 6.59. The molecule has 0 aliphatic carbocycles. The number of para-hydroxylation sites is 1. The first-order valence-electron chi connectivity index (χ1n) is 7.89. The molecule has 2 N–H and O–H groups in total. The predicted molar refractivity (Wildman–Crippen MR) is 98.6 cm³/mol. The Hall–Kier alpha value is -2.30. The van der Waals surface area contributed by atoms with Crippen LogP contribution in [0.2, 0.25) is 0 Å². The lowest BCUT2D eigenvalue weighted by Gasteiger charge is -2.09. The van der Waals surface area contributed by atoms with Crippen molar-refractivity contribution < 1.29 is 10.0 Å². The van der Waals surface area contributed by atoms with E-state index in [2.05, 4.69) is 41.9 Å². The summed E-state index contributed by atoms with van der Waals surface area (Å²) in [5.41, 5.74) is 3.78. The van der Waals surface area contributed by atoms with Crippen LogP contribution in [0.3, 0.4) is 0 Å². The van der Waals surface area contributed by atoms with Crippen LogP contribution in [-0.2, 0) is 0 Å². The fraction of sp³-hybridized carbons (Fsp3) is 0.158. The van der Waals surface area contributed by atoms with E-state index in [1.165, 1.54) is 0 Å². The summed E-state index contributed by atoms with van der Waals surface area (Å²) in [6.07, 6.45) is 7.34. The molecule has 3 aromatic rings. The highest BCUT2D eigenvalue weighted by Crippen LogP contribution is 2.31. The van der Waals surface area contributed by atoms with Crippen molar-refractivity contribution in [2.75, 3.05) is 0 Å². The van der Waals surface area contributed by atoms with Crippen LogP contribution >= 0.6 is 0 Å². The van der Waals surface area contributed by atoms with Gasteiger partial charge < -0.3 is 14.6 Å². The van der Waals surface area contributed by atoms with Gasteiger partial charge in [0.25, 0.3) is 0 Å². The minimum absolute atomic E-state index is 0.506. The van der Waals surface area contributed by atoms with Gasteiger partial charge in [-0.25, -0.2) is 0 Å². The predicted octanol–water partition coefficient (Wildman–Crippen LogP) is 3.30. The Morgan fingerprint density at radius 3 is 2.52 bits per heavy atom. The van der Waals surface area contributed by atoms with Gasteiger partial charge in [-0.3, -0.25) is 0 Å². The maximum absolute atomic E-state index is 9.46. The topological polar surface area (TPSA) is 45.4 Å². The second-order valence-corrected chi connectivity index (χ2v) is 5.53. The molecule has 0 spiro atoms. The zero-order chi connectivity index (χ0) is 16.4. The summed E-state index contributed by atoms with van der Waals surface area (Å²) in [5, 5.41) is 21.0. The second kappa shape index (κ2) is 6.45. The number of aromatic nitrogens is 1. The minimum Gasteiger partial charge on any atom is -0.423 e. The molecule has 0 atom stereocenters. The van der Waals surface area contributed by atoms with Crippen LogP contribution in [0, 0.1) is 0 Å². The molecule has 0 saturated heterocycles. The van der Waals surface area contributed by atoms with Crippen molar-refractivity contribution in [3.63, 3.8) is 0 Å². The molecule has 23 heavy (non-hydrogen) atoms. The van der Waals surface area contributed by atoms with Crippen molar-refractivity contribution in [1.82, 2.24) is 4.57 Å². The average Bonchev–Trinajstić information content (AvgIpc) is 2.90. The Morgan fingerprint density at radius 1 is 1.09 bits per heavy atom. The van der Waals surface area contributed by atoms with E-state index in [1.807, 2.05) is 31.2 Å². The Morgan fingerprint density at radius 2 is 1.83 bits per heavy atom. The van der Waals surface area contributed by atoms with E-state index in [9.17, 15) is 10.0 Å². The Bertz CT molecular complexity index is 906. The normalized spacial score (nSPS) is 12.6. The maximum atomic E-state index is 9.46. The largest absolute Gasteiger partial charge is 0.488 e. The lowest BCUT2D eigenvalue weighted by atomic mass is 9.80. The molecule has 3 rings (SSSR count). The van der Waals surface area contributed by atoms with E-state index >= 15 is 0 Å². The molecule has 0 radical (unpaired) electrons. The van der Waals surface area contributed by atoms with Gasteiger partial charge in [0.15, 0.2) is 0 Å². The summed E-state index contributed by atoms with van der Waals surface area (Å²) in [4.78, 5) is 0. The van der Waals surface area contributed by atoms with E-state index in [4.69, 9.17) is 0 Å². The monoisotopic (exact) mass is 305 g/mol. The van der Waals surface area contributed by atoms with Crippen LogP contribution in [0.1, 0.15) is 20.3 Å². The first kappa shape index (κ1) is 15.6. The second-order valence-electron chi connectivity index (χ2n) is 5.53. The van der Waals surface area contributed by atoms with Gasteiger partial charge in [-0.15, -0.1) is 0 Å². The number of nitrogens with zero attached hydrogens (tertiary/aromatic N) is 1. The molecule has 0 bridgehead atoms. The van der Waals surface area contributed by atoms with Gasteiger partial charge in [0.05, 0.1) is 11.0 Å². The fourth-order valence-corrected chi connectivity index (χ4v) is 2.97. The molecule has 1 heterocycles. The Balaban J connectivity index is 2.37. The van der Waals surface area contributed by atoms with E-state index in [-0.39, 0.29) is 0 Å². The van der Waals surface area contributed by atoms with Gasteiger partial charge in [-0.1, -0.05) is 49.4 Å². The van der Waals surface area contributed by atoms with Crippen molar-refractivity contribution in [3.05, 3.63) is 60.7 Å². The number of benzene rings is 2. The van der Waals surface area contributed by atoms with Gasteiger partial charge in [0, 0.05) is 16.5 Å². The smallest absolute Gasteiger partial charge is 0.423 e. The van der Waals surface area contributed by atoms with Gasteiger partial charge in [0.2, 0.25) is 0 Å². The zero-order valence-corrected chi connectivity index (χ0v) is 13.4. The molecule has 2 aromatic carbocycles. The van der Waals surface area contributed by atoms with Gasteiger partial charge in [-0.2, -0.15) is 0 Å². The summed E-state index contributed by atoms with van der Waals surface area (Å²) in [7, 11) is -1.46. The van der Waals surface area contributed by atoms with Crippen LogP contribution in [-0.4, -0.2) is 21.7 Å². The molecular formula is C19H20BNO2. The van der Waals surface area contributed by atoms with Crippen LogP contribution in [0.15, 0.2) is 60.7 Å². The molecule has 3 nitrogen and oxygen atoms in total. The van der Waals surface area contributed by atoms with E-state index in [0.29, 0.717) is 5.46 Å². The zero-order valence-electron chi connectivity index (χ0n) is 13.4. The van der Waals surface area contributed by atoms with Gasteiger partial charge in [-0.05, 0) is 37.0 Å². The van der Waals surface area contributed by atoms with Crippen LogP contribution in [0.4, 0.5) is 0 Å². The van der Waals surface area contributed by atoms with Crippen LogP contribution < -0.4 is 5.46 Å². The first-order valence-corrected chi connectivity index (χ1v) is 7.89. The number of hydrogen-bond donors (Lipinski definition) is 2. The average molecular weight is 305 g/mol. The van der Waals surface area contributed by atoms with Gasteiger partial charge >= 0.3 is 7.12 Å². The van der Waals surface area contributed by atoms with Crippen molar-refractivity contribution in [2.45, 2.75) is 20.3 Å². The molecule has 1 aromatic heterocycles. The van der Waals surface area contributed by atoms with E-state index < -0.39 is 7.12 Å². The first-order chi connectivity index (χ1) is 11.2. The molecule has 0 amide bonds. The third kappa shape index (κ3) is 2.71. The van der Waals surface area contributed by atoms with Crippen molar-refractivity contribution >= 4 is 40.1 Å². The van der Waals surface area contributed by atoms with Crippen molar-refractivity contribution in [3.8, 4) is 0 Å². The quantitative estimate of drug-likeness (QED) is 0.574. The number of rotatable bonds is 4. The molecule has 116 valence electrons. The standard InChI is InChI=1S/C19H20BNO2/c1-3-5-8-15(4-2)21-18-10-7-6-9-16(18)17-13-14(20(22)23)11-12-19(17)21/h4-13,22-23H,3H2,1-2H3/b8-5-,15-4+. The number of fused-ring (bicyclic) bond motifs is 3. The lowest BCUT2D eigenvalue weighted by molar-refractivity contribution is 0.426.